The Morgan fingerprint density at radius 2 is 2.33 bits per heavy atom. The minimum Gasteiger partial charge on any atom is -0.350 e. The molecule has 2 aromatic heterocycles. The highest BCUT2D eigenvalue weighted by Gasteiger charge is 2.08. The SMILES string of the molecule is CC[C@H](C)NC(=O)c1ccc(-n2ccnc2)nc1. The van der Waals surface area contributed by atoms with Crippen LogP contribution in [0.25, 0.3) is 5.82 Å². The third kappa shape index (κ3) is 2.74. The number of carbonyl (C=O) groups is 1. The van der Waals surface area contributed by atoms with Crippen LogP contribution in [0, 0.1) is 0 Å². The number of rotatable bonds is 4. The first kappa shape index (κ1) is 12.3. The van der Waals surface area contributed by atoms with Crippen LogP contribution in [-0.4, -0.2) is 26.5 Å². The van der Waals surface area contributed by atoms with Crippen LogP contribution < -0.4 is 5.32 Å². The van der Waals surface area contributed by atoms with Crippen LogP contribution in [0.1, 0.15) is 30.6 Å². The van der Waals surface area contributed by atoms with Crippen molar-refractivity contribution in [3.8, 4) is 5.82 Å². The molecule has 0 fully saturated rings. The van der Waals surface area contributed by atoms with Gasteiger partial charge in [-0.15, -0.1) is 0 Å². The minimum atomic E-state index is -0.0889. The maximum absolute atomic E-state index is 11.8. The zero-order valence-electron chi connectivity index (χ0n) is 10.5. The summed E-state index contributed by atoms with van der Waals surface area (Å²) in [4.78, 5) is 20.0. The zero-order valence-corrected chi connectivity index (χ0v) is 10.5. The second kappa shape index (κ2) is 5.44. The van der Waals surface area contributed by atoms with Gasteiger partial charge in [0.25, 0.3) is 5.91 Å². The maximum atomic E-state index is 11.8. The Kier molecular flexibility index (Phi) is 3.72. The summed E-state index contributed by atoms with van der Waals surface area (Å²) in [5, 5.41) is 2.90. The molecule has 0 aliphatic carbocycles. The van der Waals surface area contributed by atoms with E-state index in [1.165, 1.54) is 0 Å². The molecule has 0 aromatic carbocycles. The van der Waals surface area contributed by atoms with Gasteiger partial charge in [-0.3, -0.25) is 9.36 Å². The highest BCUT2D eigenvalue weighted by atomic mass is 16.1. The quantitative estimate of drug-likeness (QED) is 0.892. The number of carbonyl (C=O) groups excluding carboxylic acids is 1. The van der Waals surface area contributed by atoms with E-state index in [1.54, 1.807) is 41.6 Å². The van der Waals surface area contributed by atoms with Crippen molar-refractivity contribution >= 4 is 5.91 Å². The molecule has 2 rings (SSSR count). The number of hydrogen-bond donors (Lipinski definition) is 1. The summed E-state index contributed by atoms with van der Waals surface area (Å²) in [6.45, 7) is 4.01. The first-order valence-corrected chi connectivity index (χ1v) is 5.96. The molecule has 0 spiro atoms. The molecule has 2 heterocycles. The summed E-state index contributed by atoms with van der Waals surface area (Å²) in [5.41, 5.74) is 0.569. The lowest BCUT2D eigenvalue weighted by Gasteiger charge is -2.11. The molecule has 18 heavy (non-hydrogen) atoms. The molecule has 5 heteroatoms. The molecule has 0 aliphatic heterocycles. The number of hydrogen-bond acceptors (Lipinski definition) is 3. The number of nitrogens with one attached hydrogen (secondary N) is 1. The molecule has 5 nitrogen and oxygen atoms in total. The lowest BCUT2D eigenvalue weighted by atomic mass is 10.2. The van der Waals surface area contributed by atoms with E-state index >= 15 is 0 Å². The molecule has 0 unspecified atom stereocenters. The molecule has 1 atom stereocenters. The van der Waals surface area contributed by atoms with Gasteiger partial charge in [-0.25, -0.2) is 9.97 Å². The topological polar surface area (TPSA) is 59.8 Å². The predicted molar refractivity (Wildman–Crippen MR) is 68.6 cm³/mol. The highest BCUT2D eigenvalue weighted by molar-refractivity contribution is 5.94. The highest BCUT2D eigenvalue weighted by Crippen LogP contribution is 2.05. The smallest absolute Gasteiger partial charge is 0.253 e. The molecule has 0 saturated heterocycles. The molecule has 1 amide bonds. The van der Waals surface area contributed by atoms with Gasteiger partial charge >= 0.3 is 0 Å². The Hall–Kier alpha value is -2.17. The summed E-state index contributed by atoms with van der Waals surface area (Å²) >= 11 is 0. The third-order valence-electron chi connectivity index (χ3n) is 2.77. The van der Waals surface area contributed by atoms with Crippen molar-refractivity contribution < 1.29 is 4.79 Å². The standard InChI is InChI=1S/C13H16N4O/c1-3-10(2)16-13(18)11-4-5-12(15-8-11)17-7-6-14-9-17/h4-10H,3H2,1-2H3,(H,16,18)/t10-/m0/s1. The molecule has 0 bridgehead atoms. The van der Waals surface area contributed by atoms with Gasteiger partial charge in [0.1, 0.15) is 12.1 Å². The Morgan fingerprint density at radius 1 is 1.50 bits per heavy atom. The Morgan fingerprint density at radius 3 is 2.89 bits per heavy atom. The van der Waals surface area contributed by atoms with Crippen LogP contribution in [0.3, 0.4) is 0 Å². The van der Waals surface area contributed by atoms with E-state index in [2.05, 4.69) is 15.3 Å². The lowest BCUT2D eigenvalue weighted by Crippen LogP contribution is -2.31. The van der Waals surface area contributed by atoms with Gasteiger partial charge in [0.15, 0.2) is 0 Å². The van der Waals surface area contributed by atoms with Gasteiger partial charge in [-0.2, -0.15) is 0 Å². The fourth-order valence-corrected chi connectivity index (χ4v) is 1.48. The van der Waals surface area contributed by atoms with E-state index in [0.717, 1.165) is 12.2 Å². The predicted octanol–water partition coefficient (Wildman–Crippen LogP) is 1.80. The Balaban J connectivity index is 2.10. The first-order chi connectivity index (χ1) is 8.70. The number of pyridine rings is 1. The van der Waals surface area contributed by atoms with Crippen LogP contribution >= 0.6 is 0 Å². The number of imidazole rings is 1. The third-order valence-corrected chi connectivity index (χ3v) is 2.77. The molecule has 2 aromatic rings. The van der Waals surface area contributed by atoms with E-state index in [1.807, 2.05) is 13.8 Å². The van der Waals surface area contributed by atoms with E-state index in [0.29, 0.717) is 5.56 Å². The van der Waals surface area contributed by atoms with Crippen molar-refractivity contribution in [1.82, 2.24) is 19.9 Å². The second-order valence-electron chi connectivity index (χ2n) is 4.16. The molecule has 1 N–H and O–H groups in total. The average Bonchev–Trinajstić information content (AvgIpc) is 2.92. The summed E-state index contributed by atoms with van der Waals surface area (Å²) in [5.74, 6) is 0.654. The maximum Gasteiger partial charge on any atom is 0.253 e. The van der Waals surface area contributed by atoms with Crippen molar-refractivity contribution in [2.24, 2.45) is 0 Å². The monoisotopic (exact) mass is 244 g/mol. The van der Waals surface area contributed by atoms with Gasteiger partial charge in [-0.1, -0.05) is 6.92 Å². The van der Waals surface area contributed by atoms with Crippen LogP contribution in [0.4, 0.5) is 0 Å². The van der Waals surface area contributed by atoms with Crippen molar-refractivity contribution in [3.05, 3.63) is 42.6 Å². The molecule has 0 aliphatic rings. The van der Waals surface area contributed by atoms with E-state index in [4.69, 9.17) is 0 Å². The zero-order chi connectivity index (χ0) is 13.0. The number of amides is 1. The molecule has 0 saturated carbocycles. The summed E-state index contributed by atoms with van der Waals surface area (Å²) < 4.78 is 1.79. The Bertz CT molecular complexity index is 504. The van der Waals surface area contributed by atoms with Gasteiger partial charge in [0, 0.05) is 24.6 Å². The van der Waals surface area contributed by atoms with Gasteiger partial charge < -0.3 is 5.32 Å². The van der Waals surface area contributed by atoms with Crippen molar-refractivity contribution in [1.29, 1.82) is 0 Å². The number of nitrogens with zero attached hydrogens (tertiary/aromatic N) is 3. The van der Waals surface area contributed by atoms with E-state index < -0.39 is 0 Å². The summed E-state index contributed by atoms with van der Waals surface area (Å²) in [7, 11) is 0. The van der Waals surface area contributed by atoms with Crippen LogP contribution in [-0.2, 0) is 0 Å². The summed E-state index contributed by atoms with van der Waals surface area (Å²) in [6.07, 6.45) is 7.65. The minimum absolute atomic E-state index is 0.0889. The molecule has 94 valence electrons. The normalized spacial score (nSPS) is 12.1. The van der Waals surface area contributed by atoms with Crippen molar-refractivity contribution in [3.63, 3.8) is 0 Å². The largest absolute Gasteiger partial charge is 0.350 e. The van der Waals surface area contributed by atoms with E-state index in [9.17, 15) is 4.79 Å². The molecular formula is C13H16N4O. The second-order valence-corrected chi connectivity index (χ2v) is 4.16. The summed E-state index contributed by atoms with van der Waals surface area (Å²) in [6, 6.07) is 3.73. The van der Waals surface area contributed by atoms with Gasteiger partial charge in [0.05, 0.1) is 5.56 Å². The van der Waals surface area contributed by atoms with Gasteiger partial charge in [0.2, 0.25) is 0 Å². The first-order valence-electron chi connectivity index (χ1n) is 5.96. The van der Waals surface area contributed by atoms with Crippen molar-refractivity contribution in [2.75, 3.05) is 0 Å². The van der Waals surface area contributed by atoms with Crippen LogP contribution in [0.2, 0.25) is 0 Å². The molecule has 0 radical (unpaired) electrons. The fourth-order valence-electron chi connectivity index (χ4n) is 1.48. The van der Waals surface area contributed by atoms with Crippen molar-refractivity contribution in [2.45, 2.75) is 26.3 Å². The Labute approximate surface area is 106 Å². The number of aromatic nitrogens is 3. The van der Waals surface area contributed by atoms with Gasteiger partial charge in [-0.05, 0) is 25.5 Å². The fraction of sp³-hybridized carbons (Fsp3) is 0.308. The molecular weight excluding hydrogens is 228 g/mol. The van der Waals surface area contributed by atoms with E-state index in [-0.39, 0.29) is 11.9 Å². The lowest BCUT2D eigenvalue weighted by molar-refractivity contribution is 0.0939. The average molecular weight is 244 g/mol. The van der Waals surface area contributed by atoms with Crippen LogP contribution in [0.15, 0.2) is 37.1 Å². The van der Waals surface area contributed by atoms with Crippen LogP contribution in [0.5, 0.6) is 0 Å².